The highest BCUT2D eigenvalue weighted by atomic mass is 16.3. The van der Waals surface area contributed by atoms with E-state index >= 15 is 0 Å². The van der Waals surface area contributed by atoms with Gasteiger partial charge in [-0.05, 0) is 38.5 Å². The highest BCUT2D eigenvalue weighted by Crippen LogP contribution is 2.24. The smallest absolute Gasteiger partial charge is 0.261 e. The molecule has 2 aromatic rings. The lowest BCUT2D eigenvalue weighted by molar-refractivity contribution is -0.133. The summed E-state index contributed by atoms with van der Waals surface area (Å²) < 4.78 is 1.43. The number of nitrogens with zero attached hydrogens (tertiary/aromatic N) is 5. The Labute approximate surface area is 170 Å². The van der Waals surface area contributed by atoms with Gasteiger partial charge < -0.3 is 14.9 Å². The summed E-state index contributed by atoms with van der Waals surface area (Å²) in [6.45, 7) is 8.56. The lowest BCUT2D eigenvalue weighted by Crippen LogP contribution is -2.53. The summed E-state index contributed by atoms with van der Waals surface area (Å²) in [5.41, 5.74) is 1.59. The number of hydrogen-bond acceptors (Lipinski definition) is 6. The molecule has 0 bridgehead atoms. The van der Waals surface area contributed by atoms with Crippen molar-refractivity contribution in [1.29, 1.82) is 0 Å². The molecule has 1 aromatic heterocycles. The number of amides is 1. The fraction of sp³-hybridized carbons (Fsp3) is 0.571. The van der Waals surface area contributed by atoms with Crippen LogP contribution >= 0.6 is 0 Å². The molecule has 3 heterocycles. The first-order valence-electron chi connectivity index (χ1n) is 10.4. The molecular formula is C21H29N5O3. The summed E-state index contributed by atoms with van der Waals surface area (Å²) in [6, 6.07) is 6.02. The molecule has 1 atom stereocenters. The van der Waals surface area contributed by atoms with Crippen molar-refractivity contribution in [2.45, 2.75) is 38.9 Å². The van der Waals surface area contributed by atoms with Gasteiger partial charge in [-0.2, -0.15) is 0 Å². The molecule has 0 aliphatic carbocycles. The lowest BCUT2D eigenvalue weighted by Gasteiger charge is -2.38. The molecule has 0 radical (unpaired) electrons. The van der Waals surface area contributed by atoms with Crippen molar-refractivity contribution in [3.05, 3.63) is 34.9 Å². The van der Waals surface area contributed by atoms with Gasteiger partial charge in [-0.25, -0.2) is 4.98 Å². The highest BCUT2D eigenvalue weighted by molar-refractivity contribution is 5.84. The van der Waals surface area contributed by atoms with Gasteiger partial charge in [0.1, 0.15) is 0 Å². The van der Waals surface area contributed by atoms with Gasteiger partial charge in [0.05, 0.1) is 36.4 Å². The maximum absolute atomic E-state index is 12.7. The first kappa shape index (κ1) is 19.8. The van der Waals surface area contributed by atoms with Crippen LogP contribution in [-0.4, -0.2) is 81.8 Å². The van der Waals surface area contributed by atoms with Crippen LogP contribution in [0.15, 0.2) is 29.3 Å². The first-order chi connectivity index (χ1) is 14.0. The molecule has 1 unspecified atom stereocenters. The van der Waals surface area contributed by atoms with Crippen molar-refractivity contribution in [3.8, 4) is 0 Å². The summed E-state index contributed by atoms with van der Waals surface area (Å²) in [5, 5.41) is 9.63. The fourth-order valence-corrected chi connectivity index (χ4v) is 4.44. The third kappa shape index (κ3) is 3.74. The van der Waals surface area contributed by atoms with Gasteiger partial charge >= 0.3 is 0 Å². The Balaban J connectivity index is 1.45. The van der Waals surface area contributed by atoms with Crippen LogP contribution in [-0.2, 0) is 11.3 Å². The molecule has 2 fully saturated rings. The quantitative estimate of drug-likeness (QED) is 0.790. The summed E-state index contributed by atoms with van der Waals surface area (Å²) in [7, 11) is 0. The topological polar surface area (TPSA) is 81.9 Å². The molecule has 2 aliphatic rings. The molecular weight excluding hydrogens is 370 g/mol. The van der Waals surface area contributed by atoms with Crippen LogP contribution in [0.2, 0.25) is 0 Å². The van der Waals surface area contributed by atoms with Crippen molar-refractivity contribution in [3.63, 3.8) is 0 Å². The molecule has 2 aliphatic heterocycles. The zero-order valence-electron chi connectivity index (χ0n) is 17.1. The second-order valence-electron chi connectivity index (χ2n) is 8.12. The molecule has 2 saturated heterocycles. The van der Waals surface area contributed by atoms with Gasteiger partial charge in [-0.1, -0.05) is 0 Å². The molecule has 8 nitrogen and oxygen atoms in total. The van der Waals surface area contributed by atoms with Crippen LogP contribution in [0.25, 0.3) is 10.9 Å². The Bertz CT molecular complexity index is 949. The van der Waals surface area contributed by atoms with Crippen molar-refractivity contribution in [1.82, 2.24) is 19.4 Å². The van der Waals surface area contributed by atoms with E-state index in [4.69, 9.17) is 5.11 Å². The van der Waals surface area contributed by atoms with Crippen molar-refractivity contribution >= 4 is 22.5 Å². The number of likely N-dealkylation sites (tertiary alicyclic amines) is 1. The van der Waals surface area contributed by atoms with Gasteiger partial charge in [0, 0.05) is 44.5 Å². The van der Waals surface area contributed by atoms with E-state index < -0.39 is 0 Å². The number of piperazine rings is 1. The predicted molar refractivity (Wildman–Crippen MR) is 112 cm³/mol. The molecule has 8 heteroatoms. The number of rotatable bonds is 5. The van der Waals surface area contributed by atoms with Crippen LogP contribution in [0.4, 0.5) is 5.69 Å². The van der Waals surface area contributed by atoms with E-state index in [2.05, 4.69) is 28.6 Å². The minimum atomic E-state index is -0.130. The average molecular weight is 399 g/mol. The van der Waals surface area contributed by atoms with E-state index in [1.54, 1.807) is 0 Å². The maximum atomic E-state index is 12.7. The van der Waals surface area contributed by atoms with E-state index in [1.807, 2.05) is 23.1 Å². The number of aliphatic hydroxyl groups is 1. The number of hydrogen-bond donors (Lipinski definition) is 1. The molecule has 156 valence electrons. The largest absolute Gasteiger partial charge is 0.395 e. The second kappa shape index (κ2) is 8.12. The zero-order valence-corrected chi connectivity index (χ0v) is 17.1. The SMILES string of the molecule is CC(C)N1CCC(N2CCN(c3ccc4c(=O)n(CCO)cnc4c3)CC2)C1=O. The van der Waals surface area contributed by atoms with Crippen LogP contribution in [0.3, 0.4) is 0 Å². The summed E-state index contributed by atoms with van der Waals surface area (Å²) in [6.07, 6.45) is 2.41. The van der Waals surface area contributed by atoms with Crippen LogP contribution < -0.4 is 10.5 Å². The van der Waals surface area contributed by atoms with E-state index in [0.717, 1.165) is 44.8 Å². The van der Waals surface area contributed by atoms with Gasteiger partial charge in [0.2, 0.25) is 5.91 Å². The lowest BCUT2D eigenvalue weighted by atomic mass is 10.1. The van der Waals surface area contributed by atoms with E-state index in [0.29, 0.717) is 10.9 Å². The number of aliphatic hydroxyl groups excluding tert-OH is 1. The molecule has 4 rings (SSSR count). The van der Waals surface area contributed by atoms with Gasteiger partial charge in [0.15, 0.2) is 0 Å². The zero-order chi connectivity index (χ0) is 20.5. The van der Waals surface area contributed by atoms with Gasteiger partial charge in [-0.15, -0.1) is 0 Å². The number of carbonyl (C=O) groups excluding carboxylic acids is 1. The number of carbonyl (C=O) groups is 1. The Kier molecular flexibility index (Phi) is 5.56. The first-order valence-corrected chi connectivity index (χ1v) is 10.4. The van der Waals surface area contributed by atoms with Crippen molar-refractivity contribution < 1.29 is 9.90 Å². The maximum Gasteiger partial charge on any atom is 0.261 e. The summed E-state index contributed by atoms with van der Waals surface area (Å²) in [4.78, 5) is 36.1. The molecule has 0 saturated carbocycles. The van der Waals surface area contributed by atoms with E-state index in [-0.39, 0.29) is 36.7 Å². The van der Waals surface area contributed by atoms with Crippen molar-refractivity contribution in [2.24, 2.45) is 0 Å². The average Bonchev–Trinajstić information content (AvgIpc) is 3.12. The van der Waals surface area contributed by atoms with Crippen LogP contribution in [0.1, 0.15) is 20.3 Å². The monoisotopic (exact) mass is 399 g/mol. The Morgan fingerprint density at radius 1 is 1.14 bits per heavy atom. The van der Waals surface area contributed by atoms with Crippen LogP contribution in [0, 0.1) is 0 Å². The number of fused-ring (bicyclic) bond motifs is 1. The second-order valence-corrected chi connectivity index (χ2v) is 8.12. The number of anilines is 1. The Morgan fingerprint density at radius 2 is 1.90 bits per heavy atom. The number of benzene rings is 1. The normalized spacial score (nSPS) is 21.0. The van der Waals surface area contributed by atoms with Crippen molar-refractivity contribution in [2.75, 3.05) is 44.2 Å². The molecule has 1 amide bonds. The predicted octanol–water partition coefficient (Wildman–Crippen LogP) is 0.520. The molecule has 29 heavy (non-hydrogen) atoms. The fourth-order valence-electron chi connectivity index (χ4n) is 4.44. The standard InChI is InChI=1S/C21H29N5O3/c1-15(2)26-6-5-19(21(26)29)24-9-7-23(8-10-24)16-3-4-17-18(13-16)22-14-25(11-12-27)20(17)28/h3-4,13-15,19,27H,5-12H2,1-2H3. The minimum Gasteiger partial charge on any atom is -0.395 e. The molecule has 1 aromatic carbocycles. The molecule has 1 N–H and O–H groups in total. The minimum absolute atomic E-state index is 0.0165. The highest BCUT2D eigenvalue weighted by Gasteiger charge is 2.38. The third-order valence-corrected chi connectivity index (χ3v) is 6.10. The Morgan fingerprint density at radius 3 is 2.55 bits per heavy atom. The molecule has 0 spiro atoms. The van der Waals surface area contributed by atoms with E-state index in [9.17, 15) is 9.59 Å². The summed E-state index contributed by atoms with van der Waals surface area (Å²) in [5.74, 6) is 0.266. The summed E-state index contributed by atoms with van der Waals surface area (Å²) >= 11 is 0. The third-order valence-electron chi connectivity index (χ3n) is 6.10. The Hall–Kier alpha value is -2.45. The van der Waals surface area contributed by atoms with Crippen LogP contribution in [0.5, 0.6) is 0 Å². The van der Waals surface area contributed by atoms with E-state index in [1.165, 1.54) is 10.9 Å². The van der Waals surface area contributed by atoms with Gasteiger partial charge in [-0.3, -0.25) is 19.1 Å². The number of aromatic nitrogens is 2. The van der Waals surface area contributed by atoms with Gasteiger partial charge in [0.25, 0.3) is 5.56 Å².